The number of hydrogen-bond acceptors (Lipinski definition) is 5. The van der Waals surface area contributed by atoms with Crippen molar-refractivity contribution in [1.82, 2.24) is 15.0 Å². The third-order valence-corrected chi connectivity index (χ3v) is 7.05. The van der Waals surface area contributed by atoms with Crippen molar-refractivity contribution >= 4 is 27.4 Å². The largest absolute Gasteiger partial charge is 0.369 e. The standard InChI is InChI=1S/C25H25FN4S/c1-16(14-17-6-8-19(26)9-7-17)15-28-24-22-20-4-2-3-5-21(20)31-25(22)30-23(29-24)18-10-12-27-13-11-18/h6-13,16H,2-5,14-15H2,1H3,(H,28,29,30). The minimum atomic E-state index is -0.191. The van der Waals surface area contributed by atoms with Gasteiger partial charge in [-0.25, -0.2) is 14.4 Å². The third kappa shape index (κ3) is 4.30. The lowest BCUT2D eigenvalue weighted by atomic mass is 9.96. The highest BCUT2D eigenvalue weighted by Gasteiger charge is 2.21. The molecule has 31 heavy (non-hydrogen) atoms. The number of thiophene rings is 1. The van der Waals surface area contributed by atoms with Crippen molar-refractivity contribution in [3.05, 3.63) is 70.6 Å². The van der Waals surface area contributed by atoms with Crippen molar-refractivity contribution in [2.75, 3.05) is 11.9 Å². The molecule has 3 aromatic heterocycles. The third-order valence-electron chi connectivity index (χ3n) is 5.87. The molecule has 1 N–H and O–H groups in total. The smallest absolute Gasteiger partial charge is 0.163 e. The highest BCUT2D eigenvalue weighted by Crippen LogP contribution is 2.39. The summed E-state index contributed by atoms with van der Waals surface area (Å²) in [6.07, 6.45) is 9.17. The van der Waals surface area contributed by atoms with E-state index in [1.165, 1.54) is 40.8 Å². The summed E-state index contributed by atoms with van der Waals surface area (Å²) in [6, 6.07) is 10.7. The molecule has 1 aliphatic carbocycles. The molecular weight excluding hydrogens is 407 g/mol. The number of halogens is 1. The quantitative estimate of drug-likeness (QED) is 0.402. The first-order valence-corrected chi connectivity index (χ1v) is 11.7. The van der Waals surface area contributed by atoms with E-state index in [9.17, 15) is 4.39 Å². The molecule has 0 fully saturated rings. The highest BCUT2D eigenvalue weighted by molar-refractivity contribution is 7.19. The van der Waals surface area contributed by atoms with E-state index in [2.05, 4.69) is 17.2 Å². The van der Waals surface area contributed by atoms with Crippen LogP contribution in [0.5, 0.6) is 0 Å². The van der Waals surface area contributed by atoms with Crippen molar-refractivity contribution < 1.29 is 4.39 Å². The van der Waals surface area contributed by atoms with E-state index in [-0.39, 0.29) is 5.82 Å². The zero-order valence-corrected chi connectivity index (χ0v) is 18.4. The van der Waals surface area contributed by atoms with Gasteiger partial charge in [-0.3, -0.25) is 4.98 Å². The average molecular weight is 433 g/mol. The summed E-state index contributed by atoms with van der Waals surface area (Å²) in [7, 11) is 0. The predicted molar refractivity (Wildman–Crippen MR) is 125 cm³/mol. The first-order valence-electron chi connectivity index (χ1n) is 10.9. The summed E-state index contributed by atoms with van der Waals surface area (Å²) >= 11 is 1.82. The summed E-state index contributed by atoms with van der Waals surface area (Å²) in [6.45, 7) is 3.01. The number of hydrogen-bond donors (Lipinski definition) is 1. The van der Waals surface area contributed by atoms with E-state index in [4.69, 9.17) is 9.97 Å². The number of anilines is 1. The van der Waals surface area contributed by atoms with Gasteiger partial charge < -0.3 is 5.32 Å². The van der Waals surface area contributed by atoms with Crippen LogP contribution in [-0.2, 0) is 19.3 Å². The number of benzene rings is 1. The lowest BCUT2D eigenvalue weighted by Gasteiger charge is -2.16. The normalized spacial score (nSPS) is 14.4. The second kappa shape index (κ2) is 8.71. The van der Waals surface area contributed by atoms with E-state index in [1.54, 1.807) is 12.4 Å². The molecule has 5 rings (SSSR count). The van der Waals surface area contributed by atoms with Gasteiger partial charge in [0.05, 0.1) is 5.39 Å². The number of rotatable bonds is 6. The van der Waals surface area contributed by atoms with Crippen molar-refractivity contribution in [2.45, 2.75) is 39.0 Å². The maximum atomic E-state index is 13.2. The van der Waals surface area contributed by atoms with Crippen LogP contribution in [-0.4, -0.2) is 21.5 Å². The van der Waals surface area contributed by atoms with Gasteiger partial charge in [0.2, 0.25) is 0 Å². The number of pyridine rings is 1. The van der Waals surface area contributed by atoms with Gasteiger partial charge in [-0.15, -0.1) is 11.3 Å². The molecule has 0 amide bonds. The van der Waals surface area contributed by atoms with Crippen LogP contribution in [0.15, 0.2) is 48.8 Å². The van der Waals surface area contributed by atoms with E-state index in [0.717, 1.165) is 53.4 Å². The van der Waals surface area contributed by atoms with E-state index in [0.29, 0.717) is 5.92 Å². The fraction of sp³-hybridized carbons (Fsp3) is 0.320. The van der Waals surface area contributed by atoms with Crippen LogP contribution in [0.4, 0.5) is 10.2 Å². The van der Waals surface area contributed by atoms with Crippen LogP contribution in [0.3, 0.4) is 0 Å². The molecule has 1 aromatic carbocycles. The van der Waals surface area contributed by atoms with Crippen LogP contribution in [0.25, 0.3) is 21.6 Å². The Morgan fingerprint density at radius 1 is 1.03 bits per heavy atom. The molecule has 4 nitrogen and oxygen atoms in total. The van der Waals surface area contributed by atoms with Gasteiger partial charge in [0.15, 0.2) is 5.82 Å². The van der Waals surface area contributed by atoms with Gasteiger partial charge in [0, 0.05) is 29.4 Å². The zero-order chi connectivity index (χ0) is 21.2. The summed E-state index contributed by atoms with van der Waals surface area (Å²) < 4.78 is 13.2. The minimum Gasteiger partial charge on any atom is -0.369 e. The van der Waals surface area contributed by atoms with Crippen molar-refractivity contribution in [1.29, 1.82) is 0 Å². The molecule has 0 spiro atoms. The Balaban J connectivity index is 1.45. The van der Waals surface area contributed by atoms with E-state index >= 15 is 0 Å². The van der Waals surface area contributed by atoms with Crippen LogP contribution < -0.4 is 5.32 Å². The van der Waals surface area contributed by atoms with Crippen LogP contribution in [0.1, 0.15) is 35.8 Å². The number of aromatic nitrogens is 3. The first kappa shape index (κ1) is 20.1. The van der Waals surface area contributed by atoms with Crippen molar-refractivity contribution in [3.8, 4) is 11.4 Å². The fourth-order valence-electron chi connectivity index (χ4n) is 4.28. The molecule has 0 saturated carbocycles. The molecule has 1 atom stereocenters. The summed E-state index contributed by atoms with van der Waals surface area (Å²) in [5.74, 6) is 1.86. The topological polar surface area (TPSA) is 50.7 Å². The number of nitrogens with one attached hydrogen (secondary N) is 1. The maximum Gasteiger partial charge on any atom is 0.163 e. The number of fused-ring (bicyclic) bond motifs is 3. The Bertz CT molecular complexity index is 1190. The molecule has 0 aliphatic heterocycles. The molecule has 6 heteroatoms. The molecule has 1 aliphatic rings. The van der Waals surface area contributed by atoms with Crippen molar-refractivity contribution in [3.63, 3.8) is 0 Å². The number of nitrogens with zero attached hydrogens (tertiary/aromatic N) is 3. The minimum absolute atomic E-state index is 0.191. The number of aryl methyl sites for hydroxylation is 2. The lowest BCUT2D eigenvalue weighted by molar-refractivity contribution is 0.604. The van der Waals surface area contributed by atoms with E-state index in [1.807, 2.05) is 35.6 Å². The SMILES string of the molecule is CC(CNc1nc(-c2ccncc2)nc2sc3c(c12)CCCC3)Cc1ccc(F)cc1. The van der Waals surface area contributed by atoms with Crippen LogP contribution in [0, 0.1) is 11.7 Å². The molecule has 158 valence electrons. The summed E-state index contributed by atoms with van der Waals surface area (Å²) in [5, 5.41) is 4.83. The average Bonchev–Trinajstić information content (AvgIpc) is 3.18. The van der Waals surface area contributed by atoms with Gasteiger partial charge >= 0.3 is 0 Å². The second-order valence-electron chi connectivity index (χ2n) is 8.34. The summed E-state index contributed by atoms with van der Waals surface area (Å²) in [5.41, 5.74) is 3.56. The fourth-order valence-corrected chi connectivity index (χ4v) is 5.54. The van der Waals surface area contributed by atoms with Gasteiger partial charge in [-0.1, -0.05) is 19.1 Å². The van der Waals surface area contributed by atoms with Crippen LogP contribution >= 0.6 is 11.3 Å². The predicted octanol–water partition coefficient (Wildman–Crippen LogP) is 6.06. The Morgan fingerprint density at radius 2 is 1.81 bits per heavy atom. The molecule has 0 radical (unpaired) electrons. The lowest BCUT2D eigenvalue weighted by Crippen LogP contribution is -2.15. The second-order valence-corrected chi connectivity index (χ2v) is 9.42. The Labute approximate surface area is 185 Å². The van der Waals surface area contributed by atoms with Gasteiger partial charge in [0.1, 0.15) is 16.5 Å². The molecule has 1 unspecified atom stereocenters. The van der Waals surface area contributed by atoms with Crippen molar-refractivity contribution in [2.24, 2.45) is 5.92 Å². The van der Waals surface area contributed by atoms with Gasteiger partial charge in [-0.2, -0.15) is 0 Å². The highest BCUT2D eigenvalue weighted by atomic mass is 32.1. The Hall–Kier alpha value is -2.86. The molecule has 0 saturated heterocycles. The monoisotopic (exact) mass is 432 g/mol. The molecule has 3 heterocycles. The van der Waals surface area contributed by atoms with Gasteiger partial charge in [0.25, 0.3) is 0 Å². The molecular formula is C25H25FN4S. The zero-order valence-electron chi connectivity index (χ0n) is 17.6. The van der Waals surface area contributed by atoms with Gasteiger partial charge in [-0.05, 0) is 73.4 Å². The maximum absolute atomic E-state index is 13.2. The molecule has 4 aromatic rings. The van der Waals surface area contributed by atoms with Crippen LogP contribution in [0.2, 0.25) is 0 Å². The first-order chi connectivity index (χ1) is 15.2. The Kier molecular flexibility index (Phi) is 5.64. The Morgan fingerprint density at radius 3 is 2.61 bits per heavy atom. The van der Waals surface area contributed by atoms with E-state index < -0.39 is 0 Å². The molecule has 0 bridgehead atoms. The summed E-state index contributed by atoms with van der Waals surface area (Å²) in [4.78, 5) is 16.5.